The molecule has 9 heteroatoms. The second-order valence-electron chi connectivity index (χ2n) is 5.06. The Hall–Kier alpha value is -1.67. The average molecular weight is 313 g/mol. The summed E-state index contributed by atoms with van der Waals surface area (Å²) >= 11 is 6.01. The molecule has 1 aromatic heterocycles. The van der Waals surface area contributed by atoms with Gasteiger partial charge in [0.05, 0.1) is 13.2 Å². The Labute approximate surface area is 127 Å². The summed E-state index contributed by atoms with van der Waals surface area (Å²) < 4.78 is 5.31. The maximum Gasteiger partial charge on any atom is 0.240 e. The molecule has 2 aliphatic rings. The maximum atomic E-state index is 11.5. The molecule has 3 heterocycles. The molecule has 0 bridgehead atoms. The Balaban J connectivity index is 1.88. The van der Waals surface area contributed by atoms with Crippen molar-refractivity contribution < 1.29 is 9.53 Å². The van der Waals surface area contributed by atoms with E-state index in [4.69, 9.17) is 22.1 Å². The van der Waals surface area contributed by atoms with Gasteiger partial charge in [-0.2, -0.15) is 15.0 Å². The molecule has 2 N–H and O–H groups in total. The van der Waals surface area contributed by atoms with Crippen molar-refractivity contribution in [3.63, 3.8) is 0 Å². The Morgan fingerprint density at radius 3 is 2.62 bits per heavy atom. The second-order valence-corrected chi connectivity index (χ2v) is 5.40. The molecule has 0 aliphatic carbocycles. The number of nitrogens with two attached hydrogens (primary N) is 1. The van der Waals surface area contributed by atoms with Gasteiger partial charge in [-0.3, -0.25) is 4.79 Å². The summed E-state index contributed by atoms with van der Waals surface area (Å²) in [5.74, 6) is 0.568. The van der Waals surface area contributed by atoms with Crippen molar-refractivity contribution in [2.45, 2.75) is 18.9 Å². The summed E-state index contributed by atoms with van der Waals surface area (Å²) in [6.45, 7) is 3.37. The molecule has 0 radical (unpaired) electrons. The Morgan fingerprint density at radius 2 is 1.90 bits per heavy atom. The number of primary amides is 1. The number of anilines is 2. The van der Waals surface area contributed by atoms with E-state index >= 15 is 0 Å². The minimum atomic E-state index is -0.374. The number of aromatic nitrogens is 3. The third-order valence-corrected chi connectivity index (χ3v) is 3.89. The second kappa shape index (κ2) is 5.98. The SMILES string of the molecule is NC(=O)C1CCCN1c1nc(Cl)nc(N2CCOCC2)n1. The van der Waals surface area contributed by atoms with Gasteiger partial charge >= 0.3 is 0 Å². The minimum absolute atomic E-state index is 0.122. The Morgan fingerprint density at radius 1 is 1.19 bits per heavy atom. The van der Waals surface area contributed by atoms with Gasteiger partial charge in [0.25, 0.3) is 0 Å². The summed E-state index contributed by atoms with van der Waals surface area (Å²) in [6.07, 6.45) is 1.59. The molecule has 1 atom stereocenters. The smallest absolute Gasteiger partial charge is 0.240 e. The predicted octanol–water partition coefficient (Wildman–Crippen LogP) is -0.184. The zero-order valence-corrected chi connectivity index (χ0v) is 12.3. The van der Waals surface area contributed by atoms with Gasteiger partial charge in [0, 0.05) is 19.6 Å². The first-order valence-corrected chi connectivity index (χ1v) is 7.33. The normalized spacial score (nSPS) is 22.6. The van der Waals surface area contributed by atoms with Gasteiger partial charge in [0.15, 0.2) is 0 Å². The first-order chi connectivity index (χ1) is 10.1. The summed E-state index contributed by atoms with van der Waals surface area (Å²) in [5.41, 5.74) is 5.43. The molecule has 2 saturated heterocycles. The van der Waals surface area contributed by atoms with Crippen molar-refractivity contribution in [2.24, 2.45) is 5.73 Å². The molecule has 1 aromatic rings. The molecule has 0 aromatic carbocycles. The van der Waals surface area contributed by atoms with Crippen LogP contribution in [0.1, 0.15) is 12.8 Å². The molecule has 114 valence electrons. The molecule has 3 rings (SSSR count). The van der Waals surface area contributed by atoms with Crippen molar-refractivity contribution in [3.05, 3.63) is 5.28 Å². The van der Waals surface area contributed by atoms with Crippen LogP contribution in [0.25, 0.3) is 0 Å². The average Bonchev–Trinajstić information content (AvgIpc) is 2.97. The topological polar surface area (TPSA) is 97.5 Å². The predicted molar refractivity (Wildman–Crippen MR) is 77.4 cm³/mol. The number of amides is 1. The number of hydrogen-bond acceptors (Lipinski definition) is 7. The lowest BCUT2D eigenvalue weighted by Crippen LogP contribution is -2.42. The first kappa shape index (κ1) is 14.3. The third kappa shape index (κ3) is 3.01. The van der Waals surface area contributed by atoms with Gasteiger partial charge in [0.1, 0.15) is 6.04 Å². The van der Waals surface area contributed by atoms with E-state index in [1.807, 2.05) is 4.90 Å². The molecule has 2 fully saturated rings. The molecule has 8 nitrogen and oxygen atoms in total. The van der Waals surface area contributed by atoms with Crippen molar-refractivity contribution >= 4 is 29.4 Å². The van der Waals surface area contributed by atoms with E-state index < -0.39 is 0 Å². The highest BCUT2D eigenvalue weighted by molar-refractivity contribution is 6.28. The zero-order chi connectivity index (χ0) is 14.8. The molecule has 1 unspecified atom stereocenters. The molecule has 21 heavy (non-hydrogen) atoms. The fourth-order valence-corrected chi connectivity index (χ4v) is 2.82. The van der Waals surface area contributed by atoms with Crippen LogP contribution in [-0.4, -0.2) is 59.7 Å². The number of carbonyl (C=O) groups is 1. The summed E-state index contributed by atoms with van der Waals surface area (Å²) in [7, 11) is 0. The van der Waals surface area contributed by atoms with Crippen LogP contribution in [0.5, 0.6) is 0 Å². The number of carbonyl (C=O) groups excluding carboxylic acids is 1. The van der Waals surface area contributed by atoms with Crippen LogP contribution in [0.2, 0.25) is 5.28 Å². The van der Waals surface area contributed by atoms with Crippen LogP contribution in [0.3, 0.4) is 0 Å². The highest BCUT2D eigenvalue weighted by Gasteiger charge is 2.32. The van der Waals surface area contributed by atoms with Crippen molar-refractivity contribution in [1.82, 2.24) is 15.0 Å². The largest absolute Gasteiger partial charge is 0.378 e. The van der Waals surface area contributed by atoms with Gasteiger partial charge < -0.3 is 20.3 Å². The van der Waals surface area contributed by atoms with Crippen LogP contribution < -0.4 is 15.5 Å². The monoisotopic (exact) mass is 312 g/mol. The molecule has 0 saturated carbocycles. The molecule has 0 spiro atoms. The van der Waals surface area contributed by atoms with E-state index in [0.717, 1.165) is 6.42 Å². The first-order valence-electron chi connectivity index (χ1n) is 6.95. The number of ether oxygens (including phenoxy) is 1. The van der Waals surface area contributed by atoms with Gasteiger partial charge in [-0.15, -0.1) is 0 Å². The zero-order valence-electron chi connectivity index (χ0n) is 11.5. The summed E-state index contributed by atoms with van der Waals surface area (Å²) in [5, 5.41) is 0.122. The van der Waals surface area contributed by atoms with E-state index in [2.05, 4.69) is 15.0 Å². The van der Waals surface area contributed by atoms with Crippen molar-refractivity contribution in [3.8, 4) is 0 Å². The lowest BCUT2D eigenvalue weighted by molar-refractivity contribution is -0.119. The number of rotatable bonds is 3. The van der Waals surface area contributed by atoms with Gasteiger partial charge in [0.2, 0.25) is 23.1 Å². The third-order valence-electron chi connectivity index (χ3n) is 3.72. The summed E-state index contributed by atoms with van der Waals surface area (Å²) in [6, 6.07) is -0.374. The molecular formula is C12H17ClN6O2. The van der Waals surface area contributed by atoms with Crippen molar-refractivity contribution in [2.75, 3.05) is 42.6 Å². The molecular weight excluding hydrogens is 296 g/mol. The summed E-state index contributed by atoms with van der Waals surface area (Å²) in [4.78, 5) is 28.1. The molecule has 1 amide bonds. The number of nitrogens with zero attached hydrogens (tertiary/aromatic N) is 5. The van der Waals surface area contributed by atoms with Gasteiger partial charge in [-0.05, 0) is 24.4 Å². The van der Waals surface area contributed by atoms with E-state index in [-0.39, 0.29) is 17.2 Å². The van der Waals surface area contributed by atoms with E-state index in [9.17, 15) is 4.79 Å². The van der Waals surface area contributed by atoms with E-state index in [1.165, 1.54) is 0 Å². The number of halogens is 1. The van der Waals surface area contributed by atoms with Crippen LogP contribution in [0.4, 0.5) is 11.9 Å². The highest BCUT2D eigenvalue weighted by atomic mass is 35.5. The van der Waals surface area contributed by atoms with Crippen LogP contribution >= 0.6 is 11.6 Å². The highest BCUT2D eigenvalue weighted by Crippen LogP contribution is 2.25. The van der Waals surface area contributed by atoms with E-state index in [0.29, 0.717) is 51.2 Å². The lowest BCUT2D eigenvalue weighted by Gasteiger charge is -2.28. The van der Waals surface area contributed by atoms with Crippen LogP contribution in [0.15, 0.2) is 0 Å². The molecule has 2 aliphatic heterocycles. The van der Waals surface area contributed by atoms with Gasteiger partial charge in [-0.1, -0.05) is 0 Å². The maximum absolute atomic E-state index is 11.5. The fourth-order valence-electron chi connectivity index (χ4n) is 2.66. The fraction of sp³-hybridized carbons (Fsp3) is 0.667. The van der Waals surface area contributed by atoms with Gasteiger partial charge in [-0.25, -0.2) is 0 Å². The standard InChI is InChI=1S/C12H17ClN6O2/c13-10-15-11(18-4-6-21-7-5-18)17-12(16-10)19-3-1-2-8(19)9(14)20/h8H,1-7H2,(H2,14,20). The minimum Gasteiger partial charge on any atom is -0.378 e. The lowest BCUT2D eigenvalue weighted by atomic mass is 10.2. The Bertz CT molecular complexity index is 536. The Kier molecular flexibility index (Phi) is 4.07. The van der Waals surface area contributed by atoms with E-state index in [1.54, 1.807) is 4.90 Å². The van der Waals surface area contributed by atoms with Crippen LogP contribution in [0, 0.1) is 0 Å². The number of morpholine rings is 1. The van der Waals surface area contributed by atoms with Crippen LogP contribution in [-0.2, 0) is 9.53 Å². The quantitative estimate of drug-likeness (QED) is 0.826. The van der Waals surface area contributed by atoms with Crippen molar-refractivity contribution in [1.29, 1.82) is 0 Å². The number of hydrogen-bond donors (Lipinski definition) is 1.